The molecule has 2 heterocycles. The van der Waals surface area contributed by atoms with Crippen LogP contribution in [0.2, 0.25) is 0 Å². The van der Waals surface area contributed by atoms with Gasteiger partial charge in [-0.25, -0.2) is 0 Å². The van der Waals surface area contributed by atoms with E-state index in [0.29, 0.717) is 49.1 Å². The smallest absolute Gasteiger partial charge is 0.117 e. The van der Waals surface area contributed by atoms with Crippen molar-refractivity contribution in [2.45, 2.75) is 32.5 Å². The number of ether oxygens (including phenoxy) is 4. The van der Waals surface area contributed by atoms with Crippen molar-refractivity contribution in [1.82, 2.24) is 0 Å². The van der Waals surface area contributed by atoms with Crippen LogP contribution in [0.15, 0.2) is 48.0 Å². The normalized spacial score (nSPS) is 38.8. The van der Waals surface area contributed by atoms with Crippen LogP contribution < -0.4 is 0 Å². The highest BCUT2D eigenvalue weighted by Crippen LogP contribution is 2.35. The summed E-state index contributed by atoms with van der Waals surface area (Å²) in [5, 5.41) is 0. The summed E-state index contributed by atoms with van der Waals surface area (Å²) in [4.78, 5) is 0. The van der Waals surface area contributed by atoms with Crippen molar-refractivity contribution in [3.63, 3.8) is 0 Å². The number of epoxide rings is 2. The zero-order chi connectivity index (χ0) is 17.2. The second-order valence-electron chi connectivity index (χ2n) is 7.67. The molecule has 2 aliphatic heterocycles. The van der Waals surface area contributed by atoms with Crippen LogP contribution in [0.5, 0.6) is 0 Å². The van der Waals surface area contributed by atoms with Gasteiger partial charge in [0.15, 0.2) is 0 Å². The van der Waals surface area contributed by atoms with Crippen molar-refractivity contribution < 1.29 is 18.9 Å². The maximum Gasteiger partial charge on any atom is 0.117 e. The summed E-state index contributed by atoms with van der Waals surface area (Å²) in [6, 6.07) is 0. The standard InChI is InChI=1S/C21H28O4/c1-14-7-18(22-10-20-12-24-20)5-3-16(14)9-17-4-6-19(8-15(17)2)23-11-21-13-25-21/h3-8,14-17,20-21H,9-13H2,1-2H3. The molecule has 4 rings (SSSR count). The third kappa shape index (κ3) is 4.77. The molecule has 0 amide bonds. The van der Waals surface area contributed by atoms with Crippen LogP contribution >= 0.6 is 0 Å². The average molecular weight is 344 g/mol. The lowest BCUT2D eigenvalue weighted by atomic mass is 9.77. The fraction of sp³-hybridized carbons (Fsp3) is 0.619. The Morgan fingerprint density at radius 1 is 0.840 bits per heavy atom. The summed E-state index contributed by atoms with van der Waals surface area (Å²) < 4.78 is 22.0. The van der Waals surface area contributed by atoms with E-state index >= 15 is 0 Å². The SMILES string of the molecule is CC1C=C(OCC2CO2)C=CC1CC1C=CC(OCC2CO2)=CC1C. The first-order valence-electron chi connectivity index (χ1n) is 9.46. The van der Waals surface area contributed by atoms with Gasteiger partial charge in [-0.3, -0.25) is 0 Å². The molecule has 0 aromatic carbocycles. The van der Waals surface area contributed by atoms with E-state index in [2.05, 4.69) is 50.3 Å². The molecule has 0 aromatic heterocycles. The summed E-state index contributed by atoms with van der Waals surface area (Å²) in [6.07, 6.45) is 15.2. The Hall–Kier alpha value is -1.52. The number of hydrogen-bond donors (Lipinski definition) is 0. The Balaban J connectivity index is 1.26. The summed E-state index contributed by atoms with van der Waals surface area (Å²) in [7, 11) is 0. The predicted octanol–water partition coefficient (Wildman–Crippen LogP) is 3.62. The third-order valence-corrected chi connectivity index (χ3v) is 5.44. The molecule has 6 unspecified atom stereocenters. The molecule has 0 N–H and O–H groups in total. The van der Waals surface area contributed by atoms with Crippen molar-refractivity contribution in [2.75, 3.05) is 26.4 Å². The molecule has 2 aliphatic carbocycles. The van der Waals surface area contributed by atoms with Crippen LogP contribution in [0.25, 0.3) is 0 Å². The van der Waals surface area contributed by atoms with Gasteiger partial charge >= 0.3 is 0 Å². The van der Waals surface area contributed by atoms with Gasteiger partial charge in [0, 0.05) is 0 Å². The number of allylic oxidation sites excluding steroid dienone is 6. The van der Waals surface area contributed by atoms with Crippen molar-refractivity contribution in [3.8, 4) is 0 Å². The average Bonchev–Trinajstić information content (AvgIpc) is 3.49. The highest BCUT2D eigenvalue weighted by molar-refractivity contribution is 5.23. The topological polar surface area (TPSA) is 43.5 Å². The zero-order valence-corrected chi connectivity index (χ0v) is 15.1. The van der Waals surface area contributed by atoms with Gasteiger partial charge in [-0.1, -0.05) is 26.0 Å². The van der Waals surface area contributed by atoms with Crippen LogP contribution in [0.4, 0.5) is 0 Å². The minimum absolute atomic E-state index is 0.310. The van der Waals surface area contributed by atoms with Gasteiger partial charge in [0.1, 0.15) is 36.9 Å². The molecule has 0 radical (unpaired) electrons. The molecule has 4 heteroatoms. The van der Waals surface area contributed by atoms with E-state index in [1.54, 1.807) is 0 Å². The molecule has 6 atom stereocenters. The lowest BCUT2D eigenvalue weighted by molar-refractivity contribution is 0.185. The first-order valence-corrected chi connectivity index (χ1v) is 9.46. The van der Waals surface area contributed by atoms with E-state index in [4.69, 9.17) is 18.9 Å². The molecule has 0 saturated carbocycles. The Bertz CT molecular complexity index is 543. The van der Waals surface area contributed by atoms with E-state index in [9.17, 15) is 0 Å². The zero-order valence-electron chi connectivity index (χ0n) is 15.1. The monoisotopic (exact) mass is 344 g/mol. The Kier molecular flexibility index (Phi) is 5.00. The minimum atomic E-state index is 0.310. The minimum Gasteiger partial charge on any atom is -0.491 e. The first-order chi connectivity index (χ1) is 12.2. The molecule has 2 saturated heterocycles. The van der Waals surface area contributed by atoms with Crippen molar-refractivity contribution in [3.05, 3.63) is 48.0 Å². The highest BCUT2D eigenvalue weighted by atomic mass is 16.6. The molecule has 0 spiro atoms. The third-order valence-electron chi connectivity index (χ3n) is 5.44. The Morgan fingerprint density at radius 3 is 1.64 bits per heavy atom. The van der Waals surface area contributed by atoms with Crippen molar-refractivity contribution in [2.24, 2.45) is 23.7 Å². The Morgan fingerprint density at radius 2 is 1.28 bits per heavy atom. The van der Waals surface area contributed by atoms with Gasteiger partial charge in [0.25, 0.3) is 0 Å². The van der Waals surface area contributed by atoms with Gasteiger partial charge < -0.3 is 18.9 Å². The number of rotatable bonds is 8. The summed E-state index contributed by atoms with van der Waals surface area (Å²) >= 11 is 0. The first kappa shape index (κ1) is 16.9. The van der Waals surface area contributed by atoms with Crippen molar-refractivity contribution >= 4 is 0 Å². The van der Waals surface area contributed by atoms with Crippen LogP contribution in [0.3, 0.4) is 0 Å². The van der Waals surface area contributed by atoms with Crippen molar-refractivity contribution in [1.29, 1.82) is 0 Å². The molecule has 0 bridgehead atoms. The van der Waals surface area contributed by atoms with Gasteiger partial charge in [-0.05, 0) is 54.4 Å². The summed E-state index contributed by atoms with van der Waals surface area (Å²) in [6.45, 7) is 7.59. The molecule has 25 heavy (non-hydrogen) atoms. The molecule has 4 aliphatic rings. The molecule has 2 fully saturated rings. The fourth-order valence-electron chi connectivity index (χ4n) is 3.46. The fourth-order valence-corrected chi connectivity index (χ4v) is 3.46. The van der Waals surface area contributed by atoms with Gasteiger partial charge in [-0.15, -0.1) is 0 Å². The molecule has 136 valence electrons. The number of hydrogen-bond acceptors (Lipinski definition) is 4. The van der Waals surface area contributed by atoms with Gasteiger partial charge in [-0.2, -0.15) is 0 Å². The van der Waals surface area contributed by atoms with E-state index in [1.807, 2.05) is 0 Å². The second kappa shape index (κ2) is 7.38. The molecular formula is C21H28O4. The van der Waals surface area contributed by atoms with Crippen LogP contribution in [-0.4, -0.2) is 38.6 Å². The van der Waals surface area contributed by atoms with E-state index in [0.717, 1.165) is 31.2 Å². The van der Waals surface area contributed by atoms with E-state index < -0.39 is 0 Å². The van der Waals surface area contributed by atoms with Crippen LogP contribution in [0, 0.1) is 23.7 Å². The predicted molar refractivity (Wildman–Crippen MR) is 95.8 cm³/mol. The van der Waals surface area contributed by atoms with Crippen LogP contribution in [0.1, 0.15) is 20.3 Å². The maximum absolute atomic E-state index is 5.80. The van der Waals surface area contributed by atoms with Gasteiger partial charge in [0.2, 0.25) is 0 Å². The summed E-state index contributed by atoms with van der Waals surface area (Å²) in [5.41, 5.74) is 0. The quantitative estimate of drug-likeness (QED) is 0.631. The lowest BCUT2D eigenvalue weighted by Gasteiger charge is -2.29. The Labute approximate surface area is 150 Å². The second-order valence-corrected chi connectivity index (χ2v) is 7.67. The lowest BCUT2D eigenvalue weighted by Crippen LogP contribution is -2.20. The molecule has 0 aromatic rings. The maximum atomic E-state index is 5.80. The largest absolute Gasteiger partial charge is 0.491 e. The van der Waals surface area contributed by atoms with E-state index in [1.165, 1.54) is 0 Å². The summed E-state index contributed by atoms with van der Waals surface area (Å²) in [5.74, 6) is 4.08. The van der Waals surface area contributed by atoms with Gasteiger partial charge in [0.05, 0.1) is 13.2 Å². The van der Waals surface area contributed by atoms with Crippen LogP contribution in [-0.2, 0) is 18.9 Å². The molecule has 4 nitrogen and oxygen atoms in total. The molecular weight excluding hydrogens is 316 g/mol. The van der Waals surface area contributed by atoms with E-state index in [-0.39, 0.29) is 0 Å². The highest BCUT2D eigenvalue weighted by Gasteiger charge is 2.28.